The van der Waals surface area contributed by atoms with Crippen molar-refractivity contribution in [2.75, 3.05) is 13.1 Å². The van der Waals surface area contributed by atoms with Crippen molar-refractivity contribution >= 4 is 40.8 Å². The number of para-hydroxylation sites is 1. The molecule has 7 nitrogen and oxygen atoms in total. The van der Waals surface area contributed by atoms with Crippen LogP contribution in [0.3, 0.4) is 0 Å². The van der Waals surface area contributed by atoms with Crippen molar-refractivity contribution in [1.29, 1.82) is 0 Å². The van der Waals surface area contributed by atoms with Gasteiger partial charge in [0, 0.05) is 48.6 Å². The number of H-pyrrole nitrogens is 1. The van der Waals surface area contributed by atoms with Crippen LogP contribution < -0.4 is 10.6 Å². The Kier molecular flexibility index (Phi) is 7.96. The molecule has 0 aliphatic carbocycles. The molecule has 8 heteroatoms. The van der Waals surface area contributed by atoms with Crippen LogP contribution in [-0.2, 0) is 19.4 Å². The van der Waals surface area contributed by atoms with E-state index in [2.05, 4.69) is 82.5 Å². The van der Waals surface area contributed by atoms with Gasteiger partial charge in [0.25, 0.3) is 0 Å². The number of rotatable bonds is 6. The number of hydrogen-bond acceptors (Lipinski definition) is 3. The van der Waals surface area contributed by atoms with Gasteiger partial charge in [-0.25, -0.2) is 9.67 Å². The van der Waals surface area contributed by atoms with Crippen LogP contribution in [0, 0.1) is 6.92 Å². The average Bonchev–Trinajstić information content (AvgIpc) is 3.33. The molecule has 3 heterocycles. The van der Waals surface area contributed by atoms with E-state index in [9.17, 15) is 0 Å². The lowest BCUT2D eigenvalue weighted by Gasteiger charge is -2.25. The summed E-state index contributed by atoms with van der Waals surface area (Å²) in [7, 11) is 0. The minimum Gasteiger partial charge on any atom is -0.361 e. The normalized spacial score (nSPS) is 16.3. The molecule has 31 heavy (non-hydrogen) atoms. The van der Waals surface area contributed by atoms with E-state index in [0.717, 1.165) is 56.5 Å². The quantitative estimate of drug-likeness (QED) is 0.254. The number of aromatic nitrogens is 4. The molecule has 1 aliphatic rings. The number of halogens is 1. The fourth-order valence-corrected chi connectivity index (χ4v) is 4.06. The van der Waals surface area contributed by atoms with E-state index in [-0.39, 0.29) is 24.0 Å². The average molecular weight is 535 g/mol. The molecular weight excluding hydrogens is 501 g/mol. The summed E-state index contributed by atoms with van der Waals surface area (Å²) in [6.07, 6.45) is 5.02. The predicted molar refractivity (Wildman–Crippen MR) is 137 cm³/mol. The van der Waals surface area contributed by atoms with Gasteiger partial charge in [-0.15, -0.1) is 24.0 Å². The summed E-state index contributed by atoms with van der Waals surface area (Å²) in [6, 6.07) is 6.76. The first-order chi connectivity index (χ1) is 14.5. The lowest BCUT2D eigenvalue weighted by Crippen LogP contribution is -2.47. The molecule has 0 saturated carbocycles. The Morgan fingerprint density at radius 2 is 2.19 bits per heavy atom. The first-order valence-corrected chi connectivity index (χ1v) is 11.1. The van der Waals surface area contributed by atoms with E-state index in [1.165, 1.54) is 22.0 Å². The van der Waals surface area contributed by atoms with E-state index < -0.39 is 0 Å². The topological polar surface area (TPSA) is 82.9 Å². The second-order valence-corrected chi connectivity index (χ2v) is 8.43. The maximum absolute atomic E-state index is 4.84. The zero-order chi connectivity index (χ0) is 21.1. The Morgan fingerprint density at radius 1 is 1.35 bits per heavy atom. The predicted octanol–water partition coefficient (Wildman–Crippen LogP) is 3.92. The minimum atomic E-state index is 0. The molecule has 1 unspecified atom stereocenters. The molecule has 3 aromatic rings. The number of aliphatic imine (C=N–C) groups is 1. The summed E-state index contributed by atoms with van der Waals surface area (Å²) >= 11 is 0. The molecule has 0 spiro atoms. The fourth-order valence-electron chi connectivity index (χ4n) is 4.06. The van der Waals surface area contributed by atoms with Gasteiger partial charge in [0.1, 0.15) is 5.82 Å². The van der Waals surface area contributed by atoms with Crippen molar-refractivity contribution in [3.05, 3.63) is 47.2 Å². The molecule has 0 radical (unpaired) electrons. The number of aromatic amines is 1. The molecule has 0 amide bonds. The van der Waals surface area contributed by atoms with Crippen LogP contribution in [-0.4, -0.2) is 44.8 Å². The summed E-state index contributed by atoms with van der Waals surface area (Å²) in [5.74, 6) is 3.29. The monoisotopic (exact) mass is 535 g/mol. The second-order valence-electron chi connectivity index (χ2n) is 8.43. The van der Waals surface area contributed by atoms with Crippen molar-refractivity contribution in [3.63, 3.8) is 0 Å². The molecular formula is C23H34IN7. The molecule has 0 saturated heterocycles. The Balaban J connectivity index is 0.00000272. The van der Waals surface area contributed by atoms with Crippen molar-refractivity contribution in [1.82, 2.24) is 30.4 Å². The van der Waals surface area contributed by atoms with Gasteiger partial charge in [0.2, 0.25) is 0 Å². The third-order valence-corrected chi connectivity index (χ3v) is 5.74. The van der Waals surface area contributed by atoms with Gasteiger partial charge in [-0.1, -0.05) is 32.0 Å². The third-order valence-electron chi connectivity index (χ3n) is 5.74. The Morgan fingerprint density at radius 3 is 2.97 bits per heavy atom. The van der Waals surface area contributed by atoms with E-state index in [0.29, 0.717) is 12.0 Å². The molecule has 0 fully saturated rings. The highest BCUT2D eigenvalue weighted by molar-refractivity contribution is 14.0. The Bertz CT molecular complexity index is 1030. The van der Waals surface area contributed by atoms with Gasteiger partial charge < -0.3 is 15.6 Å². The maximum atomic E-state index is 4.84. The zero-order valence-corrected chi connectivity index (χ0v) is 21.2. The number of benzene rings is 1. The lowest BCUT2D eigenvalue weighted by molar-refractivity contribution is 0.391. The van der Waals surface area contributed by atoms with E-state index in [1.807, 2.05) is 0 Å². The molecule has 1 aromatic carbocycles. The zero-order valence-electron chi connectivity index (χ0n) is 18.9. The largest absolute Gasteiger partial charge is 0.361 e. The van der Waals surface area contributed by atoms with E-state index in [4.69, 9.17) is 4.99 Å². The smallest absolute Gasteiger partial charge is 0.191 e. The molecule has 2 aromatic heterocycles. The van der Waals surface area contributed by atoms with Crippen LogP contribution in [0.15, 0.2) is 29.4 Å². The van der Waals surface area contributed by atoms with Gasteiger partial charge >= 0.3 is 0 Å². The van der Waals surface area contributed by atoms with Gasteiger partial charge in [0.05, 0.1) is 6.54 Å². The first kappa shape index (κ1) is 23.6. The van der Waals surface area contributed by atoms with Crippen molar-refractivity contribution in [2.24, 2.45) is 4.99 Å². The van der Waals surface area contributed by atoms with E-state index >= 15 is 0 Å². The first-order valence-electron chi connectivity index (χ1n) is 11.1. The van der Waals surface area contributed by atoms with Gasteiger partial charge in [-0.05, 0) is 37.8 Å². The molecule has 168 valence electrons. The Hall–Kier alpha value is -2.10. The fraction of sp³-hybridized carbons (Fsp3) is 0.522. The molecule has 3 N–H and O–H groups in total. The highest BCUT2D eigenvalue weighted by atomic mass is 127. The lowest BCUT2D eigenvalue weighted by atomic mass is 10.1. The number of nitrogens with one attached hydrogen (secondary N) is 3. The van der Waals surface area contributed by atoms with Gasteiger partial charge in [0.15, 0.2) is 11.8 Å². The van der Waals surface area contributed by atoms with Crippen LogP contribution in [0.4, 0.5) is 0 Å². The summed E-state index contributed by atoms with van der Waals surface area (Å²) in [6.45, 7) is 10.9. The van der Waals surface area contributed by atoms with Crippen molar-refractivity contribution in [2.45, 2.75) is 65.5 Å². The van der Waals surface area contributed by atoms with Crippen LogP contribution in [0.2, 0.25) is 0 Å². The van der Waals surface area contributed by atoms with Crippen molar-refractivity contribution in [3.8, 4) is 0 Å². The number of hydrogen-bond donors (Lipinski definition) is 3. The SMILES string of the molecule is CCNC(=NCCc1c[nH]c2c(C)cccc12)NC1CCc2nc(C(C)C)nn2C1.I. The molecule has 4 rings (SSSR count). The highest BCUT2D eigenvalue weighted by Crippen LogP contribution is 2.21. The van der Waals surface area contributed by atoms with Crippen LogP contribution in [0.5, 0.6) is 0 Å². The van der Waals surface area contributed by atoms with Crippen LogP contribution in [0.25, 0.3) is 10.9 Å². The number of nitrogens with zero attached hydrogens (tertiary/aromatic N) is 4. The summed E-state index contributed by atoms with van der Waals surface area (Å²) < 4.78 is 2.06. The number of fused-ring (bicyclic) bond motifs is 2. The number of aryl methyl sites for hydroxylation is 2. The minimum absolute atomic E-state index is 0. The van der Waals surface area contributed by atoms with Crippen LogP contribution >= 0.6 is 24.0 Å². The van der Waals surface area contributed by atoms with Gasteiger partial charge in [-0.3, -0.25) is 4.99 Å². The standard InChI is InChI=1S/C23H33N7.HI/c1-5-24-23(25-12-11-17-13-26-21-16(4)7-6-8-19(17)21)27-18-9-10-20-28-22(15(2)3)29-30(20)14-18;/h6-8,13,15,18,26H,5,9-12,14H2,1-4H3,(H2,24,25,27);1H. The molecule has 0 bridgehead atoms. The molecule has 1 aliphatic heterocycles. The summed E-state index contributed by atoms with van der Waals surface area (Å²) in [4.78, 5) is 12.9. The Labute approximate surface area is 201 Å². The van der Waals surface area contributed by atoms with E-state index in [1.54, 1.807) is 0 Å². The molecule has 1 atom stereocenters. The number of guanidine groups is 1. The summed E-state index contributed by atoms with van der Waals surface area (Å²) in [5.41, 5.74) is 3.83. The third kappa shape index (κ3) is 5.39. The maximum Gasteiger partial charge on any atom is 0.191 e. The van der Waals surface area contributed by atoms with Gasteiger partial charge in [-0.2, -0.15) is 5.10 Å². The summed E-state index contributed by atoms with van der Waals surface area (Å²) in [5, 5.41) is 13.0. The second kappa shape index (κ2) is 10.5. The van der Waals surface area contributed by atoms with Crippen LogP contribution in [0.1, 0.15) is 55.9 Å². The highest BCUT2D eigenvalue weighted by Gasteiger charge is 2.23. The van der Waals surface area contributed by atoms with Crippen molar-refractivity contribution < 1.29 is 0 Å².